The molecule has 44 heavy (non-hydrogen) atoms. The molecule has 0 radical (unpaired) electrons. The highest BCUT2D eigenvalue weighted by molar-refractivity contribution is 5.98. The van der Waals surface area contributed by atoms with E-state index < -0.39 is 35.6 Å². The molecule has 9 nitrogen and oxygen atoms in total. The molecular weight excluding hydrogens is 558 g/mol. The lowest BCUT2D eigenvalue weighted by atomic mass is 9.89. The van der Waals surface area contributed by atoms with Crippen LogP contribution in [0.4, 0.5) is 4.79 Å². The predicted octanol–water partition coefficient (Wildman–Crippen LogP) is 4.69. The fourth-order valence-corrected chi connectivity index (χ4v) is 5.23. The number of epoxide rings is 1. The van der Waals surface area contributed by atoms with Gasteiger partial charge < -0.3 is 25.1 Å². The molecule has 3 aromatic carbocycles. The highest BCUT2D eigenvalue weighted by Gasteiger charge is 2.50. The molecule has 9 heteroatoms. The number of carbonyl (C=O) groups is 4. The van der Waals surface area contributed by atoms with E-state index in [1.54, 1.807) is 13.8 Å². The molecule has 0 bridgehead atoms. The molecule has 1 aliphatic rings. The minimum atomic E-state index is -0.937. The van der Waals surface area contributed by atoms with Crippen LogP contribution < -0.4 is 10.6 Å². The third kappa shape index (κ3) is 7.79. The van der Waals surface area contributed by atoms with Crippen molar-refractivity contribution in [1.29, 1.82) is 0 Å². The Morgan fingerprint density at radius 3 is 2.20 bits per heavy atom. The van der Waals surface area contributed by atoms with E-state index in [2.05, 4.69) is 15.6 Å². The van der Waals surface area contributed by atoms with Gasteiger partial charge in [0.15, 0.2) is 11.6 Å². The summed E-state index contributed by atoms with van der Waals surface area (Å²) in [6.45, 7) is 3.66. The standard InChI is InChI=1S/C35H37N3O6/c1-23(37-34(42)43-21-25-13-7-4-8-14-25)31(39)19-26(18-27-20-36-29-16-10-9-15-28(27)29)33(41)38-30(32(40)35(2)22-44-35)17-24-11-5-3-6-12-24/h3-16,20,23,26,30,36H,17-19,21-22H2,1-2H3,(H,37,42)(H,38,41)/t23-,26+,30-,35?/m0/s1. The summed E-state index contributed by atoms with van der Waals surface area (Å²) in [5.41, 5.74) is 2.57. The molecule has 3 N–H and O–H groups in total. The molecule has 2 heterocycles. The van der Waals surface area contributed by atoms with E-state index in [0.717, 1.165) is 27.6 Å². The van der Waals surface area contributed by atoms with Gasteiger partial charge in [0, 0.05) is 29.4 Å². The average Bonchev–Trinajstić information content (AvgIpc) is 3.67. The SMILES string of the molecule is C[C@H](NC(=O)OCc1ccccc1)C(=O)C[C@@H](Cc1c[nH]c2ccccc12)C(=O)N[C@@H](Cc1ccccc1)C(=O)C1(C)CO1. The van der Waals surface area contributed by atoms with Crippen LogP contribution in [0.1, 0.15) is 37.0 Å². The fourth-order valence-electron chi connectivity index (χ4n) is 5.23. The average molecular weight is 596 g/mol. The molecule has 1 aromatic heterocycles. The maximum Gasteiger partial charge on any atom is 0.408 e. The van der Waals surface area contributed by atoms with Gasteiger partial charge in [-0.1, -0.05) is 78.9 Å². The van der Waals surface area contributed by atoms with Crippen LogP contribution in [-0.2, 0) is 43.3 Å². The van der Waals surface area contributed by atoms with Gasteiger partial charge in [0.2, 0.25) is 5.91 Å². The van der Waals surface area contributed by atoms with E-state index >= 15 is 0 Å². The number of alkyl carbamates (subject to hydrolysis) is 1. The second-order valence-electron chi connectivity index (χ2n) is 11.5. The largest absolute Gasteiger partial charge is 0.445 e. The van der Waals surface area contributed by atoms with E-state index in [1.165, 1.54) is 0 Å². The van der Waals surface area contributed by atoms with Gasteiger partial charge in [-0.3, -0.25) is 14.4 Å². The number of aromatic nitrogens is 1. The zero-order chi connectivity index (χ0) is 31.1. The summed E-state index contributed by atoms with van der Waals surface area (Å²) in [5.74, 6) is -1.75. The minimum Gasteiger partial charge on any atom is -0.445 e. The zero-order valence-corrected chi connectivity index (χ0v) is 24.9. The molecule has 1 saturated heterocycles. The number of para-hydroxylation sites is 1. The Morgan fingerprint density at radius 1 is 0.886 bits per heavy atom. The number of rotatable bonds is 14. The van der Waals surface area contributed by atoms with E-state index in [-0.39, 0.29) is 31.0 Å². The van der Waals surface area contributed by atoms with Gasteiger partial charge in [-0.25, -0.2) is 4.79 Å². The number of ether oxygens (including phenoxy) is 2. The van der Waals surface area contributed by atoms with Gasteiger partial charge in [-0.05, 0) is 49.4 Å². The van der Waals surface area contributed by atoms with Gasteiger partial charge in [0.25, 0.3) is 0 Å². The zero-order valence-electron chi connectivity index (χ0n) is 24.9. The van der Waals surface area contributed by atoms with Crippen LogP contribution in [0.3, 0.4) is 0 Å². The molecular formula is C35H37N3O6. The summed E-state index contributed by atoms with van der Waals surface area (Å²) < 4.78 is 10.7. The number of aromatic amines is 1. The molecule has 1 unspecified atom stereocenters. The number of nitrogens with one attached hydrogen (secondary N) is 3. The predicted molar refractivity (Wildman–Crippen MR) is 166 cm³/mol. The van der Waals surface area contributed by atoms with Crippen molar-refractivity contribution in [1.82, 2.24) is 15.6 Å². The van der Waals surface area contributed by atoms with Gasteiger partial charge in [-0.2, -0.15) is 0 Å². The van der Waals surface area contributed by atoms with Crippen LogP contribution in [0.5, 0.6) is 0 Å². The topological polar surface area (TPSA) is 130 Å². The normalized spacial score (nSPS) is 17.7. The molecule has 4 aromatic rings. The molecule has 0 aliphatic carbocycles. The Morgan fingerprint density at radius 2 is 1.52 bits per heavy atom. The van der Waals surface area contributed by atoms with Gasteiger partial charge in [0.1, 0.15) is 12.2 Å². The van der Waals surface area contributed by atoms with Gasteiger partial charge in [-0.15, -0.1) is 0 Å². The fraction of sp³-hybridized carbons (Fsp3) is 0.314. The van der Waals surface area contributed by atoms with Crippen molar-refractivity contribution < 1.29 is 28.7 Å². The smallest absolute Gasteiger partial charge is 0.408 e. The van der Waals surface area contributed by atoms with Crippen molar-refractivity contribution in [3.63, 3.8) is 0 Å². The first-order valence-corrected chi connectivity index (χ1v) is 14.8. The Bertz CT molecular complexity index is 1610. The highest BCUT2D eigenvalue weighted by Crippen LogP contribution is 2.30. The van der Waals surface area contributed by atoms with Crippen LogP contribution >= 0.6 is 0 Å². The van der Waals surface area contributed by atoms with Crippen LogP contribution in [0.25, 0.3) is 10.9 Å². The summed E-state index contributed by atoms with van der Waals surface area (Å²) in [4.78, 5) is 56.4. The van der Waals surface area contributed by atoms with Crippen LogP contribution in [0, 0.1) is 5.92 Å². The highest BCUT2D eigenvalue weighted by atomic mass is 16.6. The summed E-state index contributed by atoms with van der Waals surface area (Å²) in [6, 6.07) is 24.7. The minimum absolute atomic E-state index is 0.0681. The molecule has 0 saturated carbocycles. The molecule has 4 atom stereocenters. The van der Waals surface area contributed by atoms with Crippen LogP contribution in [0.2, 0.25) is 0 Å². The number of amides is 2. The number of H-pyrrole nitrogens is 1. The monoisotopic (exact) mass is 595 g/mol. The Balaban J connectivity index is 1.31. The van der Waals surface area contributed by atoms with E-state index in [0.29, 0.717) is 13.0 Å². The third-order valence-electron chi connectivity index (χ3n) is 8.00. The van der Waals surface area contributed by atoms with Gasteiger partial charge >= 0.3 is 6.09 Å². The van der Waals surface area contributed by atoms with Crippen molar-refractivity contribution in [2.75, 3.05) is 6.61 Å². The second kappa shape index (κ2) is 13.7. The van der Waals surface area contributed by atoms with Crippen molar-refractivity contribution in [3.8, 4) is 0 Å². The summed E-state index contributed by atoms with van der Waals surface area (Å²) in [7, 11) is 0. The summed E-state index contributed by atoms with van der Waals surface area (Å²) in [6.07, 6.45) is 1.52. The molecule has 0 spiro atoms. The Kier molecular flexibility index (Phi) is 9.55. The van der Waals surface area contributed by atoms with Crippen molar-refractivity contribution in [3.05, 3.63) is 108 Å². The van der Waals surface area contributed by atoms with Crippen molar-refractivity contribution in [2.24, 2.45) is 5.92 Å². The summed E-state index contributed by atoms with van der Waals surface area (Å²) >= 11 is 0. The van der Waals surface area contributed by atoms with Crippen LogP contribution in [-0.4, -0.2) is 52.8 Å². The van der Waals surface area contributed by atoms with Gasteiger partial charge in [0.05, 0.1) is 18.7 Å². The van der Waals surface area contributed by atoms with Crippen molar-refractivity contribution >= 4 is 34.5 Å². The van der Waals surface area contributed by atoms with Crippen LogP contribution in [0.15, 0.2) is 91.1 Å². The van der Waals surface area contributed by atoms with E-state index in [4.69, 9.17) is 9.47 Å². The quantitative estimate of drug-likeness (QED) is 0.182. The van der Waals surface area contributed by atoms with Crippen molar-refractivity contribution in [2.45, 2.75) is 57.4 Å². The number of hydrogen-bond acceptors (Lipinski definition) is 6. The molecule has 5 rings (SSSR count). The molecule has 1 fully saturated rings. The first-order valence-electron chi connectivity index (χ1n) is 14.8. The number of fused-ring (bicyclic) bond motifs is 1. The number of hydrogen-bond donors (Lipinski definition) is 3. The Labute approximate surface area is 256 Å². The number of carbonyl (C=O) groups excluding carboxylic acids is 4. The maximum atomic E-state index is 13.9. The molecule has 1 aliphatic heterocycles. The first-order chi connectivity index (χ1) is 21.2. The first kappa shape index (κ1) is 30.7. The molecule has 2 amide bonds. The maximum absolute atomic E-state index is 13.9. The lowest BCUT2D eigenvalue weighted by Crippen LogP contribution is -2.50. The second-order valence-corrected chi connectivity index (χ2v) is 11.5. The lowest BCUT2D eigenvalue weighted by Gasteiger charge is -2.24. The summed E-state index contributed by atoms with van der Waals surface area (Å²) in [5, 5.41) is 6.48. The van der Waals surface area contributed by atoms with E-state index in [1.807, 2.05) is 91.1 Å². The lowest BCUT2D eigenvalue weighted by molar-refractivity contribution is -0.134. The third-order valence-corrected chi connectivity index (χ3v) is 8.00. The van der Waals surface area contributed by atoms with E-state index in [9.17, 15) is 19.2 Å². The molecule has 228 valence electrons. The Hall–Kier alpha value is -4.76. The number of Topliss-reactive ketones (excluding diaryl/α,β-unsaturated/α-hetero) is 2. The number of benzene rings is 3. The number of ketones is 2.